The van der Waals surface area contributed by atoms with Crippen molar-refractivity contribution in [2.24, 2.45) is 12.0 Å². The molecule has 6 heteroatoms. The third-order valence-electron chi connectivity index (χ3n) is 3.78. The zero-order valence-corrected chi connectivity index (χ0v) is 14.1. The van der Waals surface area contributed by atoms with Gasteiger partial charge in [0, 0.05) is 18.8 Å². The Labute approximate surface area is 140 Å². The second-order valence-electron chi connectivity index (χ2n) is 5.18. The molecule has 0 saturated carbocycles. The largest absolute Gasteiger partial charge is 0.493 e. The number of aryl methyl sites for hydroxylation is 1. The number of imidazole rings is 1. The normalized spacial score (nSPS) is 11.2. The Morgan fingerprint density at radius 3 is 2.25 bits per heavy atom. The maximum absolute atomic E-state index is 5.36. The SMILES string of the molecule is COc1cc(C=Nc2nc3ccccc3n2C)cc(OC)c1OC. The van der Waals surface area contributed by atoms with Gasteiger partial charge in [-0.05, 0) is 24.3 Å². The highest BCUT2D eigenvalue weighted by molar-refractivity contribution is 5.85. The molecule has 0 bridgehead atoms. The molecule has 3 aromatic rings. The minimum absolute atomic E-state index is 0.555. The maximum atomic E-state index is 5.36. The summed E-state index contributed by atoms with van der Waals surface area (Å²) in [7, 11) is 6.69. The summed E-state index contributed by atoms with van der Waals surface area (Å²) < 4.78 is 18.0. The topological polar surface area (TPSA) is 57.9 Å². The highest BCUT2D eigenvalue weighted by Gasteiger charge is 2.12. The molecule has 6 nitrogen and oxygen atoms in total. The molecule has 0 radical (unpaired) electrons. The van der Waals surface area contributed by atoms with Crippen LogP contribution in [0.3, 0.4) is 0 Å². The van der Waals surface area contributed by atoms with Crippen LogP contribution in [0.1, 0.15) is 5.56 Å². The van der Waals surface area contributed by atoms with E-state index in [1.165, 1.54) is 0 Å². The van der Waals surface area contributed by atoms with Crippen molar-refractivity contribution in [3.8, 4) is 17.2 Å². The lowest BCUT2D eigenvalue weighted by molar-refractivity contribution is 0.324. The lowest BCUT2D eigenvalue weighted by atomic mass is 10.2. The van der Waals surface area contributed by atoms with Crippen molar-refractivity contribution in [3.05, 3.63) is 42.0 Å². The minimum atomic E-state index is 0.555. The van der Waals surface area contributed by atoms with Crippen molar-refractivity contribution in [1.29, 1.82) is 0 Å². The van der Waals surface area contributed by atoms with E-state index in [4.69, 9.17) is 14.2 Å². The average Bonchev–Trinajstić information content (AvgIpc) is 2.95. The molecule has 3 rings (SSSR count). The monoisotopic (exact) mass is 325 g/mol. The molecular weight excluding hydrogens is 306 g/mol. The molecule has 0 amide bonds. The number of hydrogen-bond acceptors (Lipinski definition) is 5. The summed E-state index contributed by atoms with van der Waals surface area (Å²) in [6.45, 7) is 0. The third-order valence-corrected chi connectivity index (χ3v) is 3.78. The molecule has 24 heavy (non-hydrogen) atoms. The van der Waals surface area contributed by atoms with Gasteiger partial charge in [-0.2, -0.15) is 0 Å². The number of ether oxygens (including phenoxy) is 3. The predicted octanol–water partition coefficient (Wildman–Crippen LogP) is 3.35. The molecule has 0 atom stereocenters. The first-order chi connectivity index (χ1) is 11.7. The fourth-order valence-electron chi connectivity index (χ4n) is 2.56. The van der Waals surface area contributed by atoms with Crippen LogP contribution in [-0.4, -0.2) is 37.1 Å². The van der Waals surface area contributed by atoms with Crippen LogP contribution in [0.4, 0.5) is 5.95 Å². The summed E-state index contributed by atoms with van der Waals surface area (Å²) in [6.07, 6.45) is 1.73. The first kappa shape index (κ1) is 15.9. The van der Waals surface area contributed by atoms with E-state index in [0.29, 0.717) is 23.2 Å². The number of aromatic nitrogens is 2. The van der Waals surface area contributed by atoms with Gasteiger partial charge in [0.25, 0.3) is 0 Å². The summed E-state index contributed by atoms with van der Waals surface area (Å²) >= 11 is 0. The van der Waals surface area contributed by atoms with Crippen molar-refractivity contribution in [3.63, 3.8) is 0 Å². The number of aliphatic imine (C=N–C) groups is 1. The molecule has 0 unspecified atom stereocenters. The van der Waals surface area contributed by atoms with Crippen molar-refractivity contribution in [2.75, 3.05) is 21.3 Å². The van der Waals surface area contributed by atoms with Crippen LogP contribution in [0.5, 0.6) is 17.2 Å². The maximum Gasteiger partial charge on any atom is 0.230 e. The van der Waals surface area contributed by atoms with Gasteiger partial charge in [-0.3, -0.25) is 0 Å². The van der Waals surface area contributed by atoms with Crippen LogP contribution < -0.4 is 14.2 Å². The Kier molecular flexibility index (Phi) is 4.37. The predicted molar refractivity (Wildman–Crippen MR) is 94.1 cm³/mol. The molecule has 0 aliphatic rings. The highest BCUT2D eigenvalue weighted by atomic mass is 16.5. The third kappa shape index (κ3) is 2.78. The van der Waals surface area contributed by atoms with Crippen molar-refractivity contribution in [2.45, 2.75) is 0 Å². The van der Waals surface area contributed by atoms with Crippen molar-refractivity contribution >= 4 is 23.2 Å². The second-order valence-corrected chi connectivity index (χ2v) is 5.18. The molecule has 0 aliphatic heterocycles. The summed E-state index contributed by atoms with van der Waals surface area (Å²) in [4.78, 5) is 9.02. The molecule has 0 N–H and O–H groups in total. The zero-order valence-electron chi connectivity index (χ0n) is 14.1. The van der Waals surface area contributed by atoms with Gasteiger partial charge in [0.2, 0.25) is 11.7 Å². The van der Waals surface area contributed by atoms with Gasteiger partial charge in [0.1, 0.15) is 0 Å². The van der Waals surface area contributed by atoms with E-state index < -0.39 is 0 Å². The van der Waals surface area contributed by atoms with Gasteiger partial charge in [0.05, 0.1) is 32.4 Å². The Morgan fingerprint density at radius 2 is 1.67 bits per heavy atom. The van der Waals surface area contributed by atoms with E-state index in [9.17, 15) is 0 Å². The number of hydrogen-bond donors (Lipinski definition) is 0. The van der Waals surface area contributed by atoms with Gasteiger partial charge in [-0.25, -0.2) is 9.98 Å². The van der Waals surface area contributed by atoms with Crippen LogP contribution in [-0.2, 0) is 7.05 Å². The highest BCUT2D eigenvalue weighted by Crippen LogP contribution is 2.37. The van der Waals surface area contributed by atoms with Crippen LogP contribution >= 0.6 is 0 Å². The zero-order chi connectivity index (χ0) is 17.1. The number of rotatable bonds is 5. The molecule has 124 valence electrons. The number of nitrogens with zero attached hydrogens (tertiary/aromatic N) is 3. The molecule has 1 heterocycles. The van der Waals surface area contributed by atoms with Gasteiger partial charge in [-0.15, -0.1) is 0 Å². The van der Waals surface area contributed by atoms with Gasteiger partial charge < -0.3 is 18.8 Å². The molecule has 0 saturated heterocycles. The molecule has 0 aliphatic carbocycles. The Bertz CT molecular complexity index is 875. The fraction of sp³-hybridized carbons (Fsp3) is 0.222. The van der Waals surface area contributed by atoms with E-state index >= 15 is 0 Å². The van der Waals surface area contributed by atoms with Crippen LogP contribution in [0.2, 0.25) is 0 Å². The lowest BCUT2D eigenvalue weighted by Gasteiger charge is -2.12. The molecule has 1 aromatic heterocycles. The van der Waals surface area contributed by atoms with Gasteiger partial charge in [0.15, 0.2) is 11.5 Å². The Morgan fingerprint density at radius 1 is 1.00 bits per heavy atom. The standard InChI is InChI=1S/C18H19N3O3/c1-21-14-8-6-5-7-13(14)20-18(21)19-11-12-9-15(22-2)17(24-4)16(10-12)23-3/h5-11H,1-4H3. The smallest absolute Gasteiger partial charge is 0.230 e. The quantitative estimate of drug-likeness (QED) is 0.675. The fourth-order valence-corrected chi connectivity index (χ4v) is 2.56. The van der Waals surface area contributed by atoms with Crippen LogP contribution in [0.25, 0.3) is 11.0 Å². The average molecular weight is 325 g/mol. The number of para-hydroxylation sites is 2. The first-order valence-corrected chi connectivity index (χ1v) is 7.43. The Hall–Kier alpha value is -3.02. The minimum Gasteiger partial charge on any atom is -0.493 e. The molecular formula is C18H19N3O3. The molecule has 0 spiro atoms. The number of benzene rings is 2. The summed E-state index contributed by atoms with van der Waals surface area (Å²) in [5, 5.41) is 0. The van der Waals surface area contributed by atoms with E-state index in [0.717, 1.165) is 16.6 Å². The molecule has 2 aromatic carbocycles. The van der Waals surface area contributed by atoms with Crippen LogP contribution in [0.15, 0.2) is 41.4 Å². The van der Waals surface area contributed by atoms with Gasteiger partial charge >= 0.3 is 0 Å². The lowest BCUT2D eigenvalue weighted by Crippen LogP contribution is -1.97. The number of methoxy groups -OCH3 is 3. The summed E-state index contributed by atoms with van der Waals surface area (Å²) in [6, 6.07) is 11.6. The van der Waals surface area contributed by atoms with E-state index in [-0.39, 0.29) is 0 Å². The summed E-state index contributed by atoms with van der Waals surface area (Å²) in [5.41, 5.74) is 2.78. The van der Waals surface area contributed by atoms with E-state index in [1.807, 2.05) is 48.0 Å². The van der Waals surface area contributed by atoms with Crippen molar-refractivity contribution < 1.29 is 14.2 Å². The molecule has 0 fully saturated rings. The van der Waals surface area contributed by atoms with E-state index in [1.54, 1.807) is 27.5 Å². The van der Waals surface area contributed by atoms with Crippen molar-refractivity contribution in [1.82, 2.24) is 9.55 Å². The summed E-state index contributed by atoms with van der Waals surface area (Å²) in [5.74, 6) is 2.36. The Balaban J connectivity index is 2.00. The second kappa shape index (κ2) is 6.62. The van der Waals surface area contributed by atoms with Gasteiger partial charge in [-0.1, -0.05) is 12.1 Å². The van der Waals surface area contributed by atoms with E-state index in [2.05, 4.69) is 9.98 Å². The van der Waals surface area contributed by atoms with Crippen LogP contribution in [0, 0.1) is 0 Å². The number of fused-ring (bicyclic) bond motifs is 1. The first-order valence-electron chi connectivity index (χ1n) is 7.43.